The summed E-state index contributed by atoms with van der Waals surface area (Å²) in [5.74, 6) is -1.25. The molecule has 2 aromatic rings. The average Bonchev–Trinajstić information content (AvgIpc) is 3.13. The molecular weight excluding hydrogens is 335 g/mol. The molecule has 2 atom stereocenters. The van der Waals surface area contributed by atoms with Gasteiger partial charge in [-0.25, -0.2) is 9.29 Å². The second-order valence-electron chi connectivity index (χ2n) is 6.61. The zero-order valence-electron chi connectivity index (χ0n) is 14.4. The van der Waals surface area contributed by atoms with Crippen molar-refractivity contribution >= 4 is 17.5 Å². The number of anilines is 1. The SMILES string of the molecule is Cc1ccc(C)c(CN2N=N[C@H]3C(=O)N(c4ccc(F)cc4)C(=O)[C@@H]32)c1. The number of carbonyl (C=O) groups excluding carboxylic acids is 2. The Hall–Kier alpha value is -3.09. The van der Waals surface area contributed by atoms with Crippen molar-refractivity contribution in [2.24, 2.45) is 10.3 Å². The zero-order chi connectivity index (χ0) is 18.4. The van der Waals surface area contributed by atoms with E-state index in [-0.39, 0.29) is 5.91 Å². The third-order valence-electron chi connectivity index (χ3n) is 4.78. The maximum atomic E-state index is 13.1. The van der Waals surface area contributed by atoms with Crippen LogP contribution >= 0.6 is 0 Å². The molecule has 2 aliphatic rings. The molecule has 7 heteroatoms. The fourth-order valence-electron chi connectivity index (χ4n) is 3.34. The first-order valence-electron chi connectivity index (χ1n) is 8.32. The van der Waals surface area contributed by atoms with Crippen molar-refractivity contribution in [3.8, 4) is 0 Å². The molecule has 6 nitrogen and oxygen atoms in total. The summed E-state index contributed by atoms with van der Waals surface area (Å²) in [5, 5.41) is 9.64. The minimum Gasteiger partial charge on any atom is -0.271 e. The maximum Gasteiger partial charge on any atom is 0.263 e. The number of rotatable bonds is 3. The van der Waals surface area contributed by atoms with Crippen LogP contribution in [0.5, 0.6) is 0 Å². The molecule has 2 heterocycles. The van der Waals surface area contributed by atoms with Gasteiger partial charge in [-0.1, -0.05) is 29.0 Å². The van der Waals surface area contributed by atoms with Crippen LogP contribution in [0.3, 0.4) is 0 Å². The number of hydrogen-bond donors (Lipinski definition) is 0. The first-order chi connectivity index (χ1) is 12.5. The van der Waals surface area contributed by atoms with Gasteiger partial charge in [0.1, 0.15) is 5.82 Å². The summed E-state index contributed by atoms with van der Waals surface area (Å²) >= 11 is 0. The van der Waals surface area contributed by atoms with Crippen LogP contribution in [-0.2, 0) is 16.1 Å². The van der Waals surface area contributed by atoms with E-state index in [1.807, 2.05) is 32.0 Å². The second kappa shape index (κ2) is 6.01. The number of carbonyl (C=O) groups is 2. The molecule has 2 amide bonds. The lowest BCUT2D eigenvalue weighted by Gasteiger charge is -2.21. The fraction of sp³-hybridized carbons (Fsp3) is 0.263. The molecule has 0 bridgehead atoms. The molecule has 0 unspecified atom stereocenters. The average molecular weight is 352 g/mol. The van der Waals surface area contributed by atoms with Crippen LogP contribution in [0.25, 0.3) is 0 Å². The maximum absolute atomic E-state index is 13.1. The van der Waals surface area contributed by atoms with Crippen LogP contribution in [0.2, 0.25) is 0 Å². The van der Waals surface area contributed by atoms with E-state index in [0.29, 0.717) is 12.2 Å². The van der Waals surface area contributed by atoms with Crippen molar-refractivity contribution in [1.29, 1.82) is 0 Å². The zero-order valence-corrected chi connectivity index (χ0v) is 14.4. The Morgan fingerprint density at radius 1 is 1.04 bits per heavy atom. The van der Waals surface area contributed by atoms with Gasteiger partial charge in [0.2, 0.25) is 0 Å². The Balaban J connectivity index is 1.62. The topological polar surface area (TPSA) is 65.3 Å². The number of benzene rings is 2. The monoisotopic (exact) mass is 352 g/mol. The third-order valence-corrected chi connectivity index (χ3v) is 4.78. The Kier molecular flexibility index (Phi) is 3.79. The number of hydrogen-bond acceptors (Lipinski definition) is 5. The summed E-state index contributed by atoms with van der Waals surface area (Å²) in [6, 6.07) is 9.74. The van der Waals surface area contributed by atoms with Gasteiger partial charge >= 0.3 is 0 Å². The van der Waals surface area contributed by atoms with Crippen LogP contribution in [0, 0.1) is 19.7 Å². The molecule has 4 rings (SSSR count). The smallest absolute Gasteiger partial charge is 0.263 e. The van der Waals surface area contributed by atoms with Gasteiger partial charge in [-0.2, -0.15) is 5.11 Å². The van der Waals surface area contributed by atoms with Crippen LogP contribution in [0.15, 0.2) is 52.8 Å². The highest BCUT2D eigenvalue weighted by molar-refractivity contribution is 6.25. The molecule has 1 fully saturated rings. The van der Waals surface area contributed by atoms with E-state index in [4.69, 9.17) is 0 Å². The minimum absolute atomic E-state index is 0.345. The molecule has 0 radical (unpaired) electrons. The van der Waals surface area contributed by atoms with E-state index in [1.54, 1.807) is 5.01 Å². The van der Waals surface area contributed by atoms with Crippen molar-refractivity contribution in [2.75, 3.05) is 4.90 Å². The van der Waals surface area contributed by atoms with Crippen molar-refractivity contribution in [1.82, 2.24) is 5.01 Å². The van der Waals surface area contributed by atoms with Gasteiger partial charge in [-0.3, -0.25) is 14.6 Å². The van der Waals surface area contributed by atoms with Crippen molar-refractivity contribution in [2.45, 2.75) is 32.5 Å². The Bertz CT molecular complexity index is 926. The number of amides is 2. The molecule has 0 aromatic heterocycles. The van der Waals surface area contributed by atoms with Gasteiger partial charge in [0.05, 0.1) is 12.2 Å². The second-order valence-corrected chi connectivity index (χ2v) is 6.61. The highest BCUT2D eigenvalue weighted by Gasteiger charge is 2.54. The predicted molar refractivity (Wildman–Crippen MR) is 92.8 cm³/mol. The molecule has 1 saturated heterocycles. The summed E-state index contributed by atoms with van der Waals surface area (Å²) in [5.41, 5.74) is 3.57. The van der Waals surface area contributed by atoms with Crippen LogP contribution in [0.4, 0.5) is 10.1 Å². The molecule has 0 spiro atoms. The quantitative estimate of drug-likeness (QED) is 0.798. The fourth-order valence-corrected chi connectivity index (χ4v) is 3.34. The molecule has 132 valence electrons. The molecule has 0 N–H and O–H groups in total. The summed E-state index contributed by atoms with van der Waals surface area (Å²) in [4.78, 5) is 26.6. The van der Waals surface area contributed by atoms with Gasteiger partial charge in [0.25, 0.3) is 11.8 Å². The highest BCUT2D eigenvalue weighted by atomic mass is 19.1. The number of imide groups is 1. The number of aryl methyl sites for hydroxylation is 2. The van der Waals surface area contributed by atoms with Gasteiger partial charge in [0.15, 0.2) is 12.1 Å². The summed E-state index contributed by atoms with van der Waals surface area (Å²) < 4.78 is 13.1. The van der Waals surface area contributed by atoms with Gasteiger partial charge < -0.3 is 0 Å². The predicted octanol–water partition coefficient (Wildman–Crippen LogP) is 2.94. The lowest BCUT2D eigenvalue weighted by atomic mass is 10.0. The lowest BCUT2D eigenvalue weighted by molar-refractivity contribution is -0.123. The first-order valence-corrected chi connectivity index (χ1v) is 8.32. The van der Waals surface area contributed by atoms with Crippen molar-refractivity contribution in [3.05, 3.63) is 65.0 Å². The minimum atomic E-state index is -0.849. The van der Waals surface area contributed by atoms with Gasteiger partial charge in [0, 0.05) is 0 Å². The third kappa shape index (κ3) is 2.56. The van der Waals surface area contributed by atoms with E-state index in [9.17, 15) is 14.0 Å². The number of fused-ring (bicyclic) bond motifs is 1. The molecular formula is C19H17FN4O2. The number of nitrogens with zero attached hydrogens (tertiary/aromatic N) is 4. The summed E-state index contributed by atoms with van der Waals surface area (Å²) in [6.45, 7) is 4.39. The van der Waals surface area contributed by atoms with Gasteiger partial charge in [-0.05, 0) is 49.2 Å². The van der Waals surface area contributed by atoms with E-state index in [0.717, 1.165) is 21.6 Å². The molecule has 26 heavy (non-hydrogen) atoms. The Morgan fingerprint density at radius 2 is 1.77 bits per heavy atom. The van der Waals surface area contributed by atoms with E-state index < -0.39 is 23.8 Å². The van der Waals surface area contributed by atoms with Crippen molar-refractivity contribution in [3.63, 3.8) is 0 Å². The summed E-state index contributed by atoms with van der Waals surface area (Å²) in [6.07, 6.45) is 0. The van der Waals surface area contributed by atoms with Gasteiger partial charge in [-0.15, -0.1) is 0 Å². The Labute approximate surface area is 149 Å². The van der Waals surface area contributed by atoms with E-state index in [1.165, 1.54) is 24.3 Å². The van der Waals surface area contributed by atoms with Crippen LogP contribution < -0.4 is 4.90 Å². The Morgan fingerprint density at radius 3 is 2.50 bits per heavy atom. The first kappa shape index (κ1) is 16.4. The molecule has 2 aliphatic heterocycles. The summed E-state index contributed by atoms with van der Waals surface area (Å²) in [7, 11) is 0. The van der Waals surface area contributed by atoms with E-state index >= 15 is 0 Å². The molecule has 0 aliphatic carbocycles. The standard InChI is InChI=1S/C19H17FN4O2/c1-11-3-4-12(2)13(9-11)10-23-17-16(21-22-23)18(25)24(19(17)26)15-7-5-14(20)6-8-15/h3-9,16-17H,10H2,1-2H3/t16-,17-/m1/s1. The van der Waals surface area contributed by atoms with Crippen molar-refractivity contribution < 1.29 is 14.0 Å². The largest absolute Gasteiger partial charge is 0.271 e. The lowest BCUT2D eigenvalue weighted by Crippen LogP contribution is -2.39. The van der Waals surface area contributed by atoms with Crippen LogP contribution in [0.1, 0.15) is 16.7 Å². The molecule has 2 aromatic carbocycles. The van der Waals surface area contributed by atoms with Crippen LogP contribution in [-0.4, -0.2) is 28.9 Å². The number of halogens is 1. The molecule has 0 saturated carbocycles. The highest BCUT2D eigenvalue weighted by Crippen LogP contribution is 2.33. The van der Waals surface area contributed by atoms with E-state index in [2.05, 4.69) is 10.3 Å². The normalized spacial score (nSPS) is 21.7.